The summed E-state index contributed by atoms with van der Waals surface area (Å²) in [4.78, 5) is 12.6. The van der Waals surface area contributed by atoms with Crippen molar-refractivity contribution in [2.75, 3.05) is 18.0 Å². The molecule has 1 aromatic rings. The molecule has 0 bridgehead atoms. The number of piperidine rings is 1. The number of nitrogens with one attached hydrogen (secondary N) is 1. The number of nitrogens with two attached hydrogens (primary N) is 2. The molecule has 2 rings (SSSR count). The van der Waals surface area contributed by atoms with Gasteiger partial charge in [-0.3, -0.25) is 5.84 Å². The third kappa shape index (κ3) is 4.89. The average molecular weight is 411 g/mol. The molecule has 0 amide bonds. The van der Waals surface area contributed by atoms with Crippen LogP contribution in [-0.4, -0.2) is 29.4 Å². The number of hydrogen-bond acceptors (Lipinski definition) is 6. The SMILES string of the molecule is NN/C(C(=O)O)=C(\N)SC1CCN(c2cc(Cl)ccc2C(F)(F)F)CC1. The number of halogens is 4. The first-order chi connectivity index (χ1) is 12.1. The van der Waals surface area contributed by atoms with Crippen molar-refractivity contribution >= 4 is 35.0 Å². The number of hydrazine groups is 1. The van der Waals surface area contributed by atoms with E-state index in [1.807, 2.05) is 5.43 Å². The number of carboxylic acids is 1. The highest BCUT2D eigenvalue weighted by Gasteiger charge is 2.36. The van der Waals surface area contributed by atoms with E-state index in [1.165, 1.54) is 12.1 Å². The summed E-state index contributed by atoms with van der Waals surface area (Å²) in [5.74, 6) is 3.87. The Bertz CT molecular complexity index is 707. The zero-order valence-corrected chi connectivity index (χ0v) is 15.1. The lowest BCUT2D eigenvalue weighted by Gasteiger charge is -2.35. The minimum Gasteiger partial charge on any atom is -0.476 e. The molecule has 144 valence electrons. The number of carboxylic acid groups (broad SMARTS) is 1. The van der Waals surface area contributed by atoms with Crippen molar-refractivity contribution in [3.63, 3.8) is 0 Å². The topological polar surface area (TPSA) is 105 Å². The number of thioether (sulfide) groups is 1. The Kier molecular flexibility index (Phi) is 6.53. The molecule has 1 aliphatic rings. The summed E-state index contributed by atoms with van der Waals surface area (Å²) in [6, 6.07) is 3.51. The quantitative estimate of drug-likeness (QED) is 0.336. The van der Waals surface area contributed by atoms with Gasteiger partial charge in [-0.2, -0.15) is 13.2 Å². The molecule has 1 fully saturated rings. The Morgan fingerprint density at radius 3 is 2.46 bits per heavy atom. The summed E-state index contributed by atoms with van der Waals surface area (Å²) in [6.45, 7) is 0.736. The summed E-state index contributed by atoms with van der Waals surface area (Å²) in [5.41, 5.74) is 6.81. The van der Waals surface area contributed by atoms with Crippen molar-refractivity contribution in [1.29, 1.82) is 0 Å². The molecule has 1 heterocycles. The van der Waals surface area contributed by atoms with Gasteiger partial charge in [-0.05, 0) is 31.0 Å². The van der Waals surface area contributed by atoms with E-state index in [2.05, 4.69) is 0 Å². The van der Waals surface area contributed by atoms with Crippen molar-refractivity contribution in [1.82, 2.24) is 5.43 Å². The number of alkyl halides is 3. The average Bonchev–Trinajstić information content (AvgIpc) is 2.54. The Morgan fingerprint density at radius 1 is 1.35 bits per heavy atom. The second kappa shape index (κ2) is 8.28. The number of nitrogens with zero attached hydrogens (tertiary/aromatic N) is 1. The molecule has 1 aliphatic heterocycles. The Hall–Kier alpha value is -1.78. The van der Waals surface area contributed by atoms with E-state index < -0.39 is 17.7 Å². The van der Waals surface area contributed by atoms with E-state index in [0.29, 0.717) is 25.9 Å². The molecular formula is C15H18ClF3N4O2S. The molecule has 0 aromatic heterocycles. The lowest BCUT2D eigenvalue weighted by atomic mass is 10.1. The van der Waals surface area contributed by atoms with E-state index in [-0.39, 0.29) is 26.7 Å². The van der Waals surface area contributed by atoms with E-state index in [1.54, 1.807) is 4.90 Å². The molecule has 6 nitrogen and oxygen atoms in total. The standard InChI is InChI=1S/C15H18ClF3N4O2S/c16-8-1-2-10(15(17,18)19)11(7-8)23-5-3-9(4-6-23)26-13(20)12(22-21)14(24)25/h1-2,7,9,22H,3-6,20-21H2,(H,24,25)/b13-12+. The van der Waals surface area contributed by atoms with Gasteiger partial charge in [-0.1, -0.05) is 11.6 Å². The maximum absolute atomic E-state index is 13.2. The molecule has 0 atom stereocenters. The number of rotatable bonds is 5. The van der Waals surface area contributed by atoms with Gasteiger partial charge in [0.1, 0.15) is 0 Å². The van der Waals surface area contributed by atoms with E-state index in [9.17, 15) is 18.0 Å². The predicted molar refractivity (Wildman–Crippen MR) is 95.5 cm³/mol. The maximum Gasteiger partial charge on any atom is 0.418 e. The lowest BCUT2D eigenvalue weighted by Crippen LogP contribution is -2.36. The van der Waals surface area contributed by atoms with Gasteiger partial charge >= 0.3 is 12.1 Å². The molecule has 0 unspecified atom stereocenters. The molecule has 1 aromatic carbocycles. The molecule has 0 radical (unpaired) electrons. The van der Waals surface area contributed by atoms with Gasteiger partial charge in [0.2, 0.25) is 0 Å². The minimum absolute atomic E-state index is 0.0255. The zero-order valence-electron chi connectivity index (χ0n) is 13.5. The summed E-state index contributed by atoms with van der Waals surface area (Å²) in [6.07, 6.45) is -3.40. The predicted octanol–water partition coefficient (Wildman–Crippen LogP) is 2.74. The normalized spacial score (nSPS) is 17.0. The molecule has 1 saturated heterocycles. The lowest BCUT2D eigenvalue weighted by molar-refractivity contribution is -0.137. The summed E-state index contributed by atoms with van der Waals surface area (Å²) in [7, 11) is 0. The molecule has 0 aliphatic carbocycles. The van der Waals surface area contributed by atoms with E-state index in [4.69, 9.17) is 28.3 Å². The van der Waals surface area contributed by atoms with Crippen molar-refractivity contribution < 1.29 is 23.1 Å². The van der Waals surface area contributed by atoms with Gasteiger partial charge in [0, 0.05) is 23.4 Å². The highest BCUT2D eigenvalue weighted by atomic mass is 35.5. The third-order valence-electron chi connectivity index (χ3n) is 3.95. The van der Waals surface area contributed by atoms with Crippen LogP contribution in [0.2, 0.25) is 5.02 Å². The van der Waals surface area contributed by atoms with Crippen molar-refractivity contribution in [3.8, 4) is 0 Å². The summed E-state index contributed by atoms with van der Waals surface area (Å²) >= 11 is 7.02. The zero-order chi connectivity index (χ0) is 19.5. The van der Waals surface area contributed by atoms with E-state index in [0.717, 1.165) is 17.8 Å². The largest absolute Gasteiger partial charge is 0.476 e. The van der Waals surface area contributed by atoms with Gasteiger partial charge in [-0.25, -0.2) is 4.79 Å². The first-order valence-electron chi connectivity index (χ1n) is 7.61. The van der Waals surface area contributed by atoms with Crippen LogP contribution in [0.1, 0.15) is 18.4 Å². The Balaban J connectivity index is 2.10. The Morgan fingerprint density at radius 2 is 1.96 bits per heavy atom. The monoisotopic (exact) mass is 410 g/mol. The first-order valence-corrected chi connectivity index (χ1v) is 8.87. The number of anilines is 1. The van der Waals surface area contributed by atoms with Gasteiger partial charge in [0.15, 0.2) is 5.70 Å². The van der Waals surface area contributed by atoms with Gasteiger partial charge in [0.25, 0.3) is 0 Å². The number of carbonyl (C=O) groups is 1. The molecule has 11 heteroatoms. The maximum atomic E-state index is 13.2. The van der Waals surface area contributed by atoms with Crippen molar-refractivity contribution in [3.05, 3.63) is 39.5 Å². The number of aliphatic carboxylic acids is 1. The number of hydrogen-bond donors (Lipinski definition) is 4. The highest BCUT2D eigenvalue weighted by molar-refractivity contribution is 8.03. The van der Waals surface area contributed by atoms with Crippen LogP contribution < -0.4 is 21.9 Å². The van der Waals surface area contributed by atoms with Gasteiger partial charge in [0.05, 0.1) is 16.3 Å². The smallest absolute Gasteiger partial charge is 0.418 e. The van der Waals surface area contributed by atoms with Crippen LogP contribution in [0.4, 0.5) is 18.9 Å². The number of benzene rings is 1. The fourth-order valence-electron chi connectivity index (χ4n) is 2.70. The molecule has 6 N–H and O–H groups in total. The fourth-order valence-corrected chi connectivity index (χ4v) is 3.93. The van der Waals surface area contributed by atoms with Crippen LogP contribution in [0.25, 0.3) is 0 Å². The van der Waals surface area contributed by atoms with Gasteiger partial charge in [-0.15, -0.1) is 11.8 Å². The van der Waals surface area contributed by atoms with Crippen molar-refractivity contribution in [2.45, 2.75) is 24.3 Å². The molecule has 26 heavy (non-hydrogen) atoms. The minimum atomic E-state index is -4.47. The second-order valence-electron chi connectivity index (χ2n) is 5.65. The molecule has 0 saturated carbocycles. The highest BCUT2D eigenvalue weighted by Crippen LogP contribution is 2.40. The van der Waals surface area contributed by atoms with Crippen LogP contribution in [0.5, 0.6) is 0 Å². The van der Waals surface area contributed by atoms with Crippen LogP contribution in [0, 0.1) is 0 Å². The van der Waals surface area contributed by atoms with E-state index >= 15 is 0 Å². The summed E-state index contributed by atoms with van der Waals surface area (Å²) < 4.78 is 39.6. The third-order valence-corrected chi connectivity index (χ3v) is 5.44. The van der Waals surface area contributed by atoms with Crippen LogP contribution in [0.15, 0.2) is 28.9 Å². The van der Waals surface area contributed by atoms with Gasteiger partial charge < -0.3 is 21.2 Å². The summed E-state index contributed by atoms with van der Waals surface area (Å²) in [5, 5.41) is 9.22. The van der Waals surface area contributed by atoms with Crippen LogP contribution >= 0.6 is 23.4 Å². The first kappa shape index (κ1) is 20.5. The van der Waals surface area contributed by atoms with Crippen LogP contribution in [-0.2, 0) is 11.0 Å². The fraction of sp³-hybridized carbons (Fsp3) is 0.400. The Labute approximate surface area is 157 Å². The van der Waals surface area contributed by atoms with Crippen LogP contribution in [0.3, 0.4) is 0 Å². The van der Waals surface area contributed by atoms with Crippen molar-refractivity contribution in [2.24, 2.45) is 11.6 Å². The second-order valence-corrected chi connectivity index (χ2v) is 7.43. The molecular weight excluding hydrogens is 393 g/mol. The molecule has 0 spiro atoms.